The third kappa shape index (κ3) is 2.61. The number of hydrogen-bond donors (Lipinski definition) is 1. The first kappa shape index (κ1) is 10.4. The van der Waals surface area contributed by atoms with Crippen molar-refractivity contribution in [1.29, 1.82) is 0 Å². The summed E-state index contributed by atoms with van der Waals surface area (Å²) in [6.07, 6.45) is 0. The summed E-state index contributed by atoms with van der Waals surface area (Å²) in [4.78, 5) is 0. The maximum absolute atomic E-state index is 8.50. The minimum Gasteiger partial charge on any atom is -0.411 e. The van der Waals surface area contributed by atoms with E-state index in [1.807, 2.05) is 0 Å². The molecule has 2 nitrogen and oxygen atoms in total. The zero-order valence-corrected chi connectivity index (χ0v) is 8.55. The number of nitrogens with zero attached hydrogens (tertiary/aromatic N) is 1. The summed E-state index contributed by atoms with van der Waals surface area (Å²) in [5, 5.41) is 11.8. The van der Waals surface area contributed by atoms with Crippen LogP contribution in [0.1, 0.15) is 17.9 Å². The highest BCUT2D eigenvalue weighted by Crippen LogP contribution is 2.23. The second-order valence-electron chi connectivity index (χ2n) is 2.66. The summed E-state index contributed by atoms with van der Waals surface area (Å²) < 4.78 is 0. The Bertz CT molecular complexity index is 308. The molecule has 0 spiro atoms. The predicted molar refractivity (Wildman–Crippen MR) is 54.9 cm³/mol. The second kappa shape index (κ2) is 4.49. The van der Waals surface area contributed by atoms with Crippen LogP contribution in [0, 0.1) is 0 Å². The Kier molecular flexibility index (Phi) is 3.58. The van der Waals surface area contributed by atoms with Crippen LogP contribution in [-0.4, -0.2) is 10.9 Å². The SMILES string of the molecule is C/C(=N/O)C(Cl)c1ccc(Cl)cc1. The lowest BCUT2D eigenvalue weighted by Crippen LogP contribution is -2.01. The molecule has 70 valence electrons. The van der Waals surface area contributed by atoms with Gasteiger partial charge in [-0.05, 0) is 24.6 Å². The number of rotatable bonds is 2. The molecule has 0 saturated heterocycles. The third-order valence-electron chi connectivity index (χ3n) is 1.69. The largest absolute Gasteiger partial charge is 0.411 e. The number of alkyl halides is 1. The van der Waals surface area contributed by atoms with E-state index in [0.717, 1.165) is 5.56 Å². The van der Waals surface area contributed by atoms with E-state index in [-0.39, 0.29) is 0 Å². The summed E-state index contributed by atoms with van der Waals surface area (Å²) in [6, 6.07) is 7.09. The van der Waals surface area contributed by atoms with Crippen molar-refractivity contribution in [2.75, 3.05) is 0 Å². The second-order valence-corrected chi connectivity index (χ2v) is 3.53. The molecule has 1 rings (SSSR count). The van der Waals surface area contributed by atoms with E-state index < -0.39 is 5.38 Å². The van der Waals surface area contributed by atoms with E-state index in [4.69, 9.17) is 28.4 Å². The molecule has 0 fully saturated rings. The highest BCUT2D eigenvalue weighted by molar-refractivity contribution is 6.32. The maximum Gasteiger partial charge on any atom is 0.0997 e. The van der Waals surface area contributed by atoms with Crippen LogP contribution in [0.25, 0.3) is 0 Å². The van der Waals surface area contributed by atoms with E-state index in [1.54, 1.807) is 31.2 Å². The van der Waals surface area contributed by atoms with Crippen molar-refractivity contribution in [1.82, 2.24) is 0 Å². The lowest BCUT2D eigenvalue weighted by molar-refractivity contribution is 0.317. The van der Waals surface area contributed by atoms with Gasteiger partial charge in [-0.1, -0.05) is 28.9 Å². The van der Waals surface area contributed by atoms with Crippen LogP contribution in [0.3, 0.4) is 0 Å². The molecule has 0 heterocycles. The topological polar surface area (TPSA) is 32.6 Å². The molecule has 1 aromatic rings. The van der Waals surface area contributed by atoms with Gasteiger partial charge in [-0.3, -0.25) is 0 Å². The van der Waals surface area contributed by atoms with Gasteiger partial charge in [0.1, 0.15) is 0 Å². The summed E-state index contributed by atoms with van der Waals surface area (Å²) in [5.41, 5.74) is 1.32. The monoisotopic (exact) mass is 217 g/mol. The van der Waals surface area contributed by atoms with Crippen molar-refractivity contribution in [3.05, 3.63) is 34.9 Å². The van der Waals surface area contributed by atoms with E-state index in [9.17, 15) is 0 Å². The Morgan fingerprint density at radius 2 is 1.92 bits per heavy atom. The van der Waals surface area contributed by atoms with Gasteiger partial charge in [0, 0.05) is 5.02 Å². The summed E-state index contributed by atoms with van der Waals surface area (Å²) >= 11 is 11.7. The molecule has 0 aliphatic heterocycles. The first-order valence-electron chi connectivity index (χ1n) is 3.73. The van der Waals surface area contributed by atoms with Gasteiger partial charge >= 0.3 is 0 Å². The molecule has 0 radical (unpaired) electrons. The van der Waals surface area contributed by atoms with Crippen molar-refractivity contribution in [2.45, 2.75) is 12.3 Å². The molecule has 0 aliphatic carbocycles. The molecule has 4 heteroatoms. The normalized spacial score (nSPS) is 14.2. The Balaban J connectivity index is 2.89. The Hall–Kier alpha value is -0.730. The van der Waals surface area contributed by atoms with Crippen molar-refractivity contribution >= 4 is 28.9 Å². The standard InChI is InChI=1S/C9H9Cl2NO/c1-6(12-13)9(11)7-2-4-8(10)5-3-7/h2-5,9,13H,1H3/b12-6-. The predicted octanol–water partition coefficient (Wildman–Crippen LogP) is 3.47. The van der Waals surface area contributed by atoms with Crippen LogP contribution in [0.15, 0.2) is 29.4 Å². The van der Waals surface area contributed by atoms with Gasteiger partial charge in [0.15, 0.2) is 0 Å². The minimum atomic E-state index is -0.401. The lowest BCUT2D eigenvalue weighted by atomic mass is 10.1. The van der Waals surface area contributed by atoms with Crippen LogP contribution in [0.2, 0.25) is 5.02 Å². The van der Waals surface area contributed by atoms with Gasteiger partial charge in [0.05, 0.1) is 11.1 Å². The van der Waals surface area contributed by atoms with Crippen molar-refractivity contribution < 1.29 is 5.21 Å². The van der Waals surface area contributed by atoms with Gasteiger partial charge < -0.3 is 5.21 Å². The van der Waals surface area contributed by atoms with Gasteiger partial charge in [0.2, 0.25) is 0 Å². The van der Waals surface area contributed by atoms with Crippen molar-refractivity contribution in [3.63, 3.8) is 0 Å². The number of hydrogen-bond acceptors (Lipinski definition) is 2. The zero-order chi connectivity index (χ0) is 9.84. The highest BCUT2D eigenvalue weighted by atomic mass is 35.5. The number of oxime groups is 1. The molecule has 1 unspecified atom stereocenters. The zero-order valence-electron chi connectivity index (χ0n) is 7.04. The molecule has 13 heavy (non-hydrogen) atoms. The van der Waals surface area contributed by atoms with Crippen LogP contribution < -0.4 is 0 Å². The van der Waals surface area contributed by atoms with Crippen molar-refractivity contribution in [2.24, 2.45) is 5.16 Å². The molecule has 0 aliphatic rings. The Morgan fingerprint density at radius 3 is 2.38 bits per heavy atom. The number of halogens is 2. The Labute approximate surface area is 86.8 Å². The fourth-order valence-electron chi connectivity index (χ4n) is 0.924. The molecule has 0 saturated carbocycles. The van der Waals surface area contributed by atoms with E-state index in [1.165, 1.54) is 0 Å². The average molecular weight is 218 g/mol. The average Bonchev–Trinajstić information content (AvgIpc) is 2.17. The fourth-order valence-corrected chi connectivity index (χ4v) is 1.24. The van der Waals surface area contributed by atoms with Crippen LogP contribution in [-0.2, 0) is 0 Å². The van der Waals surface area contributed by atoms with Gasteiger partial charge in [-0.15, -0.1) is 11.6 Å². The summed E-state index contributed by atoms with van der Waals surface area (Å²) in [6.45, 7) is 1.66. The number of benzene rings is 1. The molecule has 1 N–H and O–H groups in total. The van der Waals surface area contributed by atoms with Crippen LogP contribution in [0.4, 0.5) is 0 Å². The highest BCUT2D eigenvalue weighted by Gasteiger charge is 2.11. The quantitative estimate of drug-likeness (QED) is 0.350. The molecule has 0 amide bonds. The summed E-state index contributed by atoms with van der Waals surface area (Å²) in [5.74, 6) is 0. The molecule has 0 aromatic heterocycles. The van der Waals surface area contributed by atoms with E-state index >= 15 is 0 Å². The maximum atomic E-state index is 8.50. The molecule has 0 bridgehead atoms. The molecular formula is C9H9Cl2NO. The lowest BCUT2D eigenvalue weighted by Gasteiger charge is -2.07. The first-order chi connectivity index (χ1) is 6.15. The van der Waals surface area contributed by atoms with E-state index in [0.29, 0.717) is 10.7 Å². The van der Waals surface area contributed by atoms with Gasteiger partial charge in [0.25, 0.3) is 0 Å². The van der Waals surface area contributed by atoms with Gasteiger partial charge in [-0.2, -0.15) is 0 Å². The Morgan fingerprint density at radius 1 is 1.38 bits per heavy atom. The molecular weight excluding hydrogens is 209 g/mol. The van der Waals surface area contributed by atoms with Crippen LogP contribution in [0.5, 0.6) is 0 Å². The van der Waals surface area contributed by atoms with Gasteiger partial charge in [-0.25, -0.2) is 0 Å². The van der Waals surface area contributed by atoms with Crippen LogP contribution >= 0.6 is 23.2 Å². The first-order valence-corrected chi connectivity index (χ1v) is 4.54. The van der Waals surface area contributed by atoms with E-state index in [2.05, 4.69) is 5.16 Å². The fraction of sp³-hybridized carbons (Fsp3) is 0.222. The third-order valence-corrected chi connectivity index (χ3v) is 2.51. The summed E-state index contributed by atoms with van der Waals surface area (Å²) in [7, 11) is 0. The molecule has 1 aromatic carbocycles. The smallest absolute Gasteiger partial charge is 0.0997 e. The molecule has 1 atom stereocenters. The minimum absolute atomic E-state index is 0.401. The van der Waals surface area contributed by atoms with Crippen molar-refractivity contribution in [3.8, 4) is 0 Å².